The molecule has 1 amide bonds. The maximum Gasteiger partial charge on any atom is 0.261 e. The zero-order valence-electron chi connectivity index (χ0n) is 16.1. The van der Waals surface area contributed by atoms with Gasteiger partial charge < -0.3 is 10.1 Å². The van der Waals surface area contributed by atoms with Crippen molar-refractivity contribution in [3.63, 3.8) is 0 Å². The number of amides is 1. The van der Waals surface area contributed by atoms with Crippen LogP contribution in [-0.2, 0) is 10.0 Å². The number of carbonyl (C=O) groups is 1. The van der Waals surface area contributed by atoms with Crippen LogP contribution in [0, 0.1) is 6.92 Å². The van der Waals surface area contributed by atoms with Crippen LogP contribution in [0.3, 0.4) is 0 Å². The summed E-state index contributed by atoms with van der Waals surface area (Å²) < 4.78 is 32.7. The third kappa shape index (κ3) is 5.47. The summed E-state index contributed by atoms with van der Waals surface area (Å²) in [5.74, 6) is 0.418. The number of aryl methyl sites for hydroxylation is 1. The molecule has 7 heteroatoms. The van der Waals surface area contributed by atoms with Gasteiger partial charge in [-0.15, -0.1) is 0 Å². The Bertz CT molecular complexity index is 893. The monoisotopic (exact) mass is 390 g/mol. The molecule has 1 atom stereocenters. The molecule has 0 aromatic heterocycles. The third-order valence-electron chi connectivity index (χ3n) is 4.20. The van der Waals surface area contributed by atoms with E-state index in [0.29, 0.717) is 22.6 Å². The van der Waals surface area contributed by atoms with E-state index in [0.717, 1.165) is 12.8 Å². The SMILES string of the molecule is CCC[C@@H](C)NC(=O)c1ccc(NS(=O)(=O)c2ccc(OC)cc2)c(C)c1. The van der Waals surface area contributed by atoms with E-state index in [-0.39, 0.29) is 16.8 Å². The van der Waals surface area contributed by atoms with E-state index in [9.17, 15) is 13.2 Å². The molecule has 0 saturated heterocycles. The first-order chi connectivity index (χ1) is 12.8. The van der Waals surface area contributed by atoms with Gasteiger partial charge in [0.25, 0.3) is 15.9 Å². The first-order valence-electron chi connectivity index (χ1n) is 8.85. The van der Waals surface area contributed by atoms with Crippen LogP contribution in [0.2, 0.25) is 0 Å². The number of carbonyl (C=O) groups excluding carboxylic acids is 1. The van der Waals surface area contributed by atoms with E-state index in [2.05, 4.69) is 17.0 Å². The Morgan fingerprint density at radius 1 is 1.15 bits per heavy atom. The fourth-order valence-corrected chi connectivity index (χ4v) is 3.82. The van der Waals surface area contributed by atoms with E-state index in [1.807, 2.05) is 6.92 Å². The zero-order valence-corrected chi connectivity index (χ0v) is 16.9. The van der Waals surface area contributed by atoms with Crippen molar-refractivity contribution in [3.05, 3.63) is 53.6 Å². The average Bonchev–Trinajstić information content (AvgIpc) is 2.63. The number of ether oxygens (including phenoxy) is 1. The molecule has 2 aromatic carbocycles. The maximum absolute atomic E-state index is 12.6. The van der Waals surface area contributed by atoms with Gasteiger partial charge in [0, 0.05) is 11.6 Å². The Labute approximate surface area is 161 Å². The Hall–Kier alpha value is -2.54. The van der Waals surface area contributed by atoms with Crippen LogP contribution < -0.4 is 14.8 Å². The number of sulfonamides is 1. The topological polar surface area (TPSA) is 84.5 Å². The molecule has 0 aliphatic rings. The molecule has 0 radical (unpaired) electrons. The van der Waals surface area contributed by atoms with Gasteiger partial charge in [0.2, 0.25) is 0 Å². The van der Waals surface area contributed by atoms with Crippen LogP contribution in [0.25, 0.3) is 0 Å². The minimum atomic E-state index is -3.73. The highest BCUT2D eigenvalue weighted by molar-refractivity contribution is 7.92. The van der Waals surface area contributed by atoms with Gasteiger partial charge in [-0.25, -0.2) is 8.42 Å². The summed E-state index contributed by atoms with van der Waals surface area (Å²) in [4.78, 5) is 12.4. The van der Waals surface area contributed by atoms with Crippen molar-refractivity contribution in [3.8, 4) is 5.75 Å². The van der Waals surface area contributed by atoms with Crippen molar-refractivity contribution >= 4 is 21.6 Å². The number of hydrogen-bond acceptors (Lipinski definition) is 4. The molecule has 0 fully saturated rings. The largest absolute Gasteiger partial charge is 0.497 e. The van der Waals surface area contributed by atoms with Crippen molar-refractivity contribution < 1.29 is 17.9 Å². The Kier molecular flexibility index (Phi) is 6.85. The highest BCUT2D eigenvalue weighted by atomic mass is 32.2. The molecule has 146 valence electrons. The second-order valence-electron chi connectivity index (χ2n) is 6.47. The molecular weight excluding hydrogens is 364 g/mol. The normalized spacial score (nSPS) is 12.3. The molecule has 6 nitrogen and oxygen atoms in total. The van der Waals surface area contributed by atoms with Gasteiger partial charge in [-0.2, -0.15) is 0 Å². The van der Waals surface area contributed by atoms with Gasteiger partial charge in [0.15, 0.2) is 0 Å². The first-order valence-corrected chi connectivity index (χ1v) is 10.3. The van der Waals surface area contributed by atoms with Crippen LogP contribution in [0.15, 0.2) is 47.4 Å². The molecule has 0 unspecified atom stereocenters. The molecule has 0 aliphatic heterocycles. The number of hydrogen-bond donors (Lipinski definition) is 2. The lowest BCUT2D eigenvalue weighted by atomic mass is 10.1. The first kappa shape index (κ1) is 20.8. The van der Waals surface area contributed by atoms with Crippen molar-refractivity contribution in [2.24, 2.45) is 0 Å². The summed E-state index contributed by atoms with van der Waals surface area (Å²) in [5, 5.41) is 2.94. The summed E-state index contributed by atoms with van der Waals surface area (Å²) in [6, 6.07) is 11.1. The fraction of sp³-hybridized carbons (Fsp3) is 0.350. The quantitative estimate of drug-likeness (QED) is 0.719. The third-order valence-corrected chi connectivity index (χ3v) is 5.58. The van der Waals surface area contributed by atoms with Crippen molar-refractivity contribution in [2.75, 3.05) is 11.8 Å². The predicted molar refractivity (Wildman–Crippen MR) is 107 cm³/mol. The van der Waals surface area contributed by atoms with Gasteiger partial charge >= 0.3 is 0 Å². The minimum Gasteiger partial charge on any atom is -0.497 e. The fourth-order valence-electron chi connectivity index (χ4n) is 2.69. The zero-order chi connectivity index (χ0) is 20.0. The second-order valence-corrected chi connectivity index (χ2v) is 8.16. The van der Waals surface area contributed by atoms with E-state index < -0.39 is 10.0 Å². The van der Waals surface area contributed by atoms with Crippen molar-refractivity contribution in [1.82, 2.24) is 5.32 Å². The highest BCUT2D eigenvalue weighted by Crippen LogP contribution is 2.22. The minimum absolute atomic E-state index is 0.0936. The van der Waals surface area contributed by atoms with Gasteiger partial charge in [0.1, 0.15) is 5.75 Å². The Balaban J connectivity index is 2.16. The number of rotatable bonds is 8. The lowest BCUT2D eigenvalue weighted by Crippen LogP contribution is -2.32. The van der Waals surface area contributed by atoms with Crippen LogP contribution in [-0.4, -0.2) is 27.5 Å². The average molecular weight is 391 g/mol. The second kappa shape index (κ2) is 8.90. The predicted octanol–water partition coefficient (Wildman–Crippen LogP) is 3.72. The molecule has 0 aliphatic carbocycles. The van der Waals surface area contributed by atoms with E-state index in [1.54, 1.807) is 37.3 Å². The summed E-state index contributed by atoms with van der Waals surface area (Å²) in [7, 11) is -2.21. The summed E-state index contributed by atoms with van der Waals surface area (Å²) >= 11 is 0. The molecule has 2 rings (SSSR count). The number of nitrogens with one attached hydrogen (secondary N) is 2. The van der Waals surface area contributed by atoms with Crippen molar-refractivity contribution in [2.45, 2.75) is 44.6 Å². The molecule has 0 bridgehead atoms. The Morgan fingerprint density at radius 3 is 2.37 bits per heavy atom. The standard InChI is InChI=1S/C20H26N2O4S/c1-5-6-15(3)21-20(23)16-7-12-19(14(2)13-16)22-27(24,25)18-10-8-17(26-4)9-11-18/h7-13,15,22H,5-6H2,1-4H3,(H,21,23)/t15-/m1/s1. The molecule has 2 N–H and O–H groups in total. The molecule has 0 spiro atoms. The Morgan fingerprint density at radius 2 is 1.81 bits per heavy atom. The van der Waals surface area contributed by atoms with Gasteiger partial charge in [-0.1, -0.05) is 13.3 Å². The smallest absolute Gasteiger partial charge is 0.261 e. The maximum atomic E-state index is 12.6. The van der Waals surface area contributed by atoms with Crippen LogP contribution >= 0.6 is 0 Å². The molecular formula is C20H26N2O4S. The van der Waals surface area contributed by atoms with Crippen LogP contribution in [0.5, 0.6) is 5.75 Å². The van der Waals surface area contributed by atoms with E-state index in [1.165, 1.54) is 19.2 Å². The molecule has 27 heavy (non-hydrogen) atoms. The number of benzene rings is 2. The van der Waals surface area contributed by atoms with Crippen LogP contribution in [0.1, 0.15) is 42.6 Å². The lowest BCUT2D eigenvalue weighted by molar-refractivity contribution is 0.0938. The van der Waals surface area contributed by atoms with E-state index in [4.69, 9.17) is 4.74 Å². The van der Waals surface area contributed by atoms with Crippen molar-refractivity contribution in [1.29, 1.82) is 0 Å². The van der Waals surface area contributed by atoms with E-state index >= 15 is 0 Å². The summed E-state index contributed by atoms with van der Waals surface area (Å²) in [6.45, 7) is 5.79. The van der Waals surface area contributed by atoms with Gasteiger partial charge in [-0.05, 0) is 68.3 Å². The summed E-state index contributed by atoms with van der Waals surface area (Å²) in [5.41, 5.74) is 1.61. The lowest BCUT2D eigenvalue weighted by Gasteiger charge is -2.15. The molecule has 0 heterocycles. The highest BCUT2D eigenvalue weighted by Gasteiger charge is 2.17. The number of methoxy groups -OCH3 is 1. The van der Waals surface area contributed by atoms with Crippen LogP contribution in [0.4, 0.5) is 5.69 Å². The molecule has 0 saturated carbocycles. The van der Waals surface area contributed by atoms with Gasteiger partial charge in [-0.3, -0.25) is 9.52 Å². The molecule has 2 aromatic rings. The van der Waals surface area contributed by atoms with Gasteiger partial charge in [0.05, 0.1) is 17.7 Å². The summed E-state index contributed by atoms with van der Waals surface area (Å²) in [6.07, 6.45) is 1.90. The number of anilines is 1.